The van der Waals surface area contributed by atoms with E-state index in [2.05, 4.69) is 4.74 Å². The zero-order valence-electron chi connectivity index (χ0n) is 9.45. The first kappa shape index (κ1) is 12.0. The lowest BCUT2D eigenvalue weighted by Crippen LogP contribution is -2.55. The van der Waals surface area contributed by atoms with Crippen molar-refractivity contribution in [3.63, 3.8) is 0 Å². The van der Waals surface area contributed by atoms with Crippen LogP contribution in [0.15, 0.2) is 24.3 Å². The molecule has 1 heterocycles. The zero-order valence-corrected chi connectivity index (χ0v) is 9.45. The minimum atomic E-state index is -2.54. The van der Waals surface area contributed by atoms with Gasteiger partial charge in [0.2, 0.25) is 0 Å². The highest BCUT2D eigenvalue weighted by Gasteiger charge is 2.43. The van der Waals surface area contributed by atoms with Crippen LogP contribution in [0.4, 0.5) is 8.78 Å². The molecule has 0 radical (unpaired) electrons. The average molecular weight is 241 g/mol. The van der Waals surface area contributed by atoms with Gasteiger partial charge in [0.05, 0.1) is 25.8 Å². The van der Waals surface area contributed by atoms with E-state index in [9.17, 15) is 13.6 Å². The third-order valence-electron chi connectivity index (χ3n) is 2.69. The topological polar surface area (TPSA) is 29.5 Å². The second-order valence-electron chi connectivity index (χ2n) is 4.19. The lowest BCUT2D eigenvalue weighted by atomic mass is 10.1. The van der Waals surface area contributed by atoms with E-state index in [0.717, 1.165) is 5.56 Å². The van der Waals surface area contributed by atoms with E-state index in [4.69, 9.17) is 0 Å². The van der Waals surface area contributed by atoms with Crippen molar-refractivity contribution < 1.29 is 18.3 Å². The summed E-state index contributed by atoms with van der Waals surface area (Å²) in [6, 6.07) is 6.78. The number of esters is 1. The van der Waals surface area contributed by atoms with Gasteiger partial charge in [0.15, 0.2) is 0 Å². The lowest BCUT2D eigenvalue weighted by molar-refractivity contribution is -0.133. The molecule has 3 nitrogen and oxygen atoms in total. The first-order chi connectivity index (χ1) is 8.00. The first-order valence-electron chi connectivity index (χ1n) is 5.28. The van der Waals surface area contributed by atoms with Crippen LogP contribution in [0.2, 0.25) is 0 Å². The van der Waals surface area contributed by atoms with E-state index in [1.54, 1.807) is 29.2 Å². The minimum Gasteiger partial charge on any atom is -0.465 e. The highest BCUT2D eigenvalue weighted by Crippen LogP contribution is 2.27. The van der Waals surface area contributed by atoms with Gasteiger partial charge in [0.25, 0.3) is 5.92 Å². The first-order valence-corrected chi connectivity index (χ1v) is 5.28. The van der Waals surface area contributed by atoms with Crippen molar-refractivity contribution >= 4 is 5.97 Å². The minimum absolute atomic E-state index is 0.189. The maximum absolute atomic E-state index is 12.6. The molecule has 2 rings (SSSR count). The van der Waals surface area contributed by atoms with Gasteiger partial charge in [-0.1, -0.05) is 12.1 Å². The monoisotopic (exact) mass is 241 g/mol. The number of hydrogen-bond donors (Lipinski definition) is 0. The molecule has 0 atom stereocenters. The fourth-order valence-electron chi connectivity index (χ4n) is 1.84. The Morgan fingerprint density at radius 1 is 1.35 bits per heavy atom. The van der Waals surface area contributed by atoms with Crippen LogP contribution in [0, 0.1) is 0 Å². The van der Waals surface area contributed by atoms with Crippen molar-refractivity contribution in [3.8, 4) is 0 Å². The number of hydrogen-bond acceptors (Lipinski definition) is 3. The van der Waals surface area contributed by atoms with Crippen LogP contribution in [0.1, 0.15) is 15.9 Å². The van der Waals surface area contributed by atoms with E-state index in [0.29, 0.717) is 12.1 Å². The molecule has 1 saturated heterocycles. The van der Waals surface area contributed by atoms with Gasteiger partial charge in [-0.15, -0.1) is 0 Å². The predicted octanol–water partition coefficient (Wildman–Crippen LogP) is 1.92. The number of carbonyl (C=O) groups excluding carboxylic acids is 1. The predicted molar refractivity (Wildman–Crippen MR) is 58.0 cm³/mol. The number of likely N-dealkylation sites (tertiary alicyclic amines) is 1. The molecule has 1 aliphatic rings. The number of carbonyl (C=O) groups is 1. The summed E-state index contributed by atoms with van der Waals surface area (Å²) in [7, 11) is 1.32. The molecule has 17 heavy (non-hydrogen) atoms. The number of alkyl halides is 2. The fourth-order valence-corrected chi connectivity index (χ4v) is 1.84. The fraction of sp³-hybridized carbons (Fsp3) is 0.417. The molecule has 0 bridgehead atoms. The van der Waals surface area contributed by atoms with E-state index in [1.165, 1.54) is 7.11 Å². The Balaban J connectivity index is 1.93. The molecule has 0 unspecified atom stereocenters. The molecule has 5 heteroatoms. The normalized spacial score (nSPS) is 18.5. The van der Waals surface area contributed by atoms with Crippen LogP contribution in [0.25, 0.3) is 0 Å². The smallest absolute Gasteiger partial charge is 0.337 e. The summed E-state index contributed by atoms with van der Waals surface area (Å²) >= 11 is 0. The lowest BCUT2D eigenvalue weighted by Gasteiger charge is -2.38. The molecule has 1 aromatic carbocycles. The highest BCUT2D eigenvalue weighted by molar-refractivity contribution is 5.89. The van der Waals surface area contributed by atoms with Crippen molar-refractivity contribution in [2.24, 2.45) is 0 Å². The third-order valence-corrected chi connectivity index (χ3v) is 2.69. The van der Waals surface area contributed by atoms with Gasteiger partial charge < -0.3 is 4.74 Å². The van der Waals surface area contributed by atoms with Crippen molar-refractivity contribution in [2.45, 2.75) is 12.5 Å². The molecule has 0 aliphatic carbocycles. The summed E-state index contributed by atoms with van der Waals surface area (Å²) in [6.07, 6.45) is 0. The molecule has 0 aromatic heterocycles. The molecule has 0 spiro atoms. The van der Waals surface area contributed by atoms with Crippen molar-refractivity contribution in [2.75, 3.05) is 20.2 Å². The Labute approximate surface area is 98.0 Å². The summed E-state index contributed by atoms with van der Waals surface area (Å²) in [5.74, 6) is -2.93. The van der Waals surface area contributed by atoms with E-state index in [-0.39, 0.29) is 13.1 Å². The Bertz CT molecular complexity index is 409. The van der Waals surface area contributed by atoms with Crippen molar-refractivity contribution in [1.82, 2.24) is 4.90 Å². The summed E-state index contributed by atoms with van der Waals surface area (Å²) < 4.78 is 29.8. The maximum atomic E-state index is 12.6. The van der Waals surface area contributed by atoms with Crippen LogP contribution in [-0.4, -0.2) is 37.0 Å². The van der Waals surface area contributed by atoms with Crippen LogP contribution >= 0.6 is 0 Å². The summed E-state index contributed by atoms with van der Waals surface area (Å²) in [5, 5.41) is 0. The van der Waals surface area contributed by atoms with E-state index >= 15 is 0 Å². The second kappa shape index (κ2) is 4.41. The van der Waals surface area contributed by atoms with Gasteiger partial charge in [-0.25, -0.2) is 13.6 Å². The molecule has 1 aromatic rings. The Kier molecular flexibility index (Phi) is 3.11. The van der Waals surface area contributed by atoms with E-state index < -0.39 is 11.9 Å². The summed E-state index contributed by atoms with van der Waals surface area (Å²) in [5.41, 5.74) is 1.37. The molecule has 92 valence electrons. The van der Waals surface area contributed by atoms with Gasteiger partial charge in [-0.05, 0) is 17.7 Å². The van der Waals surface area contributed by atoms with Crippen LogP contribution in [-0.2, 0) is 11.3 Å². The van der Waals surface area contributed by atoms with Gasteiger partial charge in [-0.3, -0.25) is 4.90 Å². The van der Waals surface area contributed by atoms with Gasteiger partial charge >= 0.3 is 5.97 Å². The quantitative estimate of drug-likeness (QED) is 0.757. The Morgan fingerprint density at radius 3 is 2.41 bits per heavy atom. The standard InChI is InChI=1S/C12H13F2NO2/c1-17-11(16)10-4-2-9(3-5-10)6-15-7-12(13,14)8-15/h2-5H,6-8H2,1H3. The Morgan fingerprint density at radius 2 is 1.94 bits per heavy atom. The molecular weight excluding hydrogens is 228 g/mol. The third kappa shape index (κ3) is 2.79. The van der Waals surface area contributed by atoms with Gasteiger partial charge in [-0.2, -0.15) is 0 Å². The molecule has 0 amide bonds. The highest BCUT2D eigenvalue weighted by atomic mass is 19.3. The summed E-state index contributed by atoms with van der Waals surface area (Å²) in [4.78, 5) is 12.8. The van der Waals surface area contributed by atoms with Crippen LogP contribution in [0.3, 0.4) is 0 Å². The number of benzene rings is 1. The molecular formula is C12H13F2NO2. The molecule has 1 fully saturated rings. The number of halogens is 2. The van der Waals surface area contributed by atoms with Crippen LogP contribution in [0.5, 0.6) is 0 Å². The maximum Gasteiger partial charge on any atom is 0.337 e. The van der Waals surface area contributed by atoms with Crippen molar-refractivity contribution in [1.29, 1.82) is 0 Å². The Hall–Kier alpha value is -1.49. The molecule has 0 saturated carbocycles. The van der Waals surface area contributed by atoms with Gasteiger partial charge in [0, 0.05) is 6.54 Å². The average Bonchev–Trinajstić information content (AvgIpc) is 2.26. The second-order valence-corrected chi connectivity index (χ2v) is 4.19. The van der Waals surface area contributed by atoms with Crippen molar-refractivity contribution in [3.05, 3.63) is 35.4 Å². The SMILES string of the molecule is COC(=O)c1ccc(CN2CC(F)(F)C2)cc1. The number of rotatable bonds is 3. The zero-order chi connectivity index (χ0) is 12.5. The number of nitrogens with zero attached hydrogens (tertiary/aromatic N) is 1. The largest absolute Gasteiger partial charge is 0.465 e. The molecule has 0 N–H and O–H groups in total. The summed E-state index contributed by atoms with van der Waals surface area (Å²) in [6.45, 7) is 0.106. The van der Waals surface area contributed by atoms with Gasteiger partial charge in [0.1, 0.15) is 0 Å². The van der Waals surface area contributed by atoms with Crippen LogP contribution < -0.4 is 0 Å². The number of methoxy groups -OCH3 is 1. The molecule has 1 aliphatic heterocycles. The van der Waals surface area contributed by atoms with E-state index in [1.807, 2.05) is 0 Å². The number of ether oxygens (including phenoxy) is 1.